The number of nitrogens with one attached hydrogen (secondary N) is 1. The van der Waals surface area contributed by atoms with E-state index in [1.54, 1.807) is 0 Å². The number of halogens is 2. The van der Waals surface area contributed by atoms with Gasteiger partial charge in [-0.15, -0.1) is 0 Å². The molecule has 1 rings (SSSR count). The molecular formula is C11H11F2NO2. The molecule has 1 aromatic rings. The summed E-state index contributed by atoms with van der Waals surface area (Å²) in [6.07, 6.45) is 0.499. The number of rotatable bonds is 4. The minimum absolute atomic E-state index is 0.0879. The molecule has 86 valence electrons. The van der Waals surface area contributed by atoms with Gasteiger partial charge in [0, 0.05) is 0 Å². The molecular weight excluding hydrogens is 216 g/mol. The molecule has 0 bridgehead atoms. The predicted octanol–water partition coefficient (Wildman–Crippen LogP) is 1.21. The largest absolute Gasteiger partial charge is 0.347 e. The van der Waals surface area contributed by atoms with Gasteiger partial charge >= 0.3 is 0 Å². The summed E-state index contributed by atoms with van der Waals surface area (Å²) in [5.41, 5.74) is 0.356. The second-order valence-electron chi connectivity index (χ2n) is 3.42. The molecule has 0 heterocycles. The standard InChI is InChI=1S/C11H11F2NO2/c1-7(6-15)14-11(16)5-8-2-3-9(12)10(13)4-8/h2-4,6-7H,5H2,1H3,(H,14,16)/t7-/m0/s1. The van der Waals surface area contributed by atoms with Crippen molar-refractivity contribution in [1.29, 1.82) is 0 Å². The van der Waals surface area contributed by atoms with Crippen molar-refractivity contribution in [3.8, 4) is 0 Å². The highest BCUT2D eigenvalue weighted by Crippen LogP contribution is 2.09. The molecule has 0 aliphatic heterocycles. The van der Waals surface area contributed by atoms with Crippen molar-refractivity contribution in [2.45, 2.75) is 19.4 Å². The van der Waals surface area contributed by atoms with E-state index in [2.05, 4.69) is 5.32 Å². The van der Waals surface area contributed by atoms with Crippen LogP contribution in [0.15, 0.2) is 18.2 Å². The van der Waals surface area contributed by atoms with Crippen LogP contribution >= 0.6 is 0 Å². The van der Waals surface area contributed by atoms with Gasteiger partial charge in [0.2, 0.25) is 5.91 Å². The van der Waals surface area contributed by atoms with Crippen molar-refractivity contribution in [3.05, 3.63) is 35.4 Å². The number of amides is 1. The van der Waals surface area contributed by atoms with Crippen molar-refractivity contribution < 1.29 is 18.4 Å². The molecule has 0 aliphatic rings. The highest BCUT2D eigenvalue weighted by molar-refractivity contribution is 5.81. The minimum atomic E-state index is -0.992. The number of benzene rings is 1. The molecule has 5 heteroatoms. The highest BCUT2D eigenvalue weighted by Gasteiger charge is 2.09. The monoisotopic (exact) mass is 227 g/mol. The zero-order chi connectivity index (χ0) is 12.1. The van der Waals surface area contributed by atoms with Crippen LogP contribution in [0, 0.1) is 11.6 Å². The van der Waals surface area contributed by atoms with E-state index in [9.17, 15) is 18.4 Å². The van der Waals surface area contributed by atoms with Crippen LogP contribution in [0.1, 0.15) is 12.5 Å². The fourth-order valence-corrected chi connectivity index (χ4v) is 1.17. The highest BCUT2D eigenvalue weighted by atomic mass is 19.2. The summed E-state index contributed by atoms with van der Waals surface area (Å²) in [6.45, 7) is 1.52. The maximum Gasteiger partial charge on any atom is 0.224 e. The molecule has 0 spiro atoms. The van der Waals surface area contributed by atoms with Crippen molar-refractivity contribution in [2.24, 2.45) is 0 Å². The Kier molecular flexibility index (Phi) is 4.10. The van der Waals surface area contributed by atoms with Gasteiger partial charge in [0.1, 0.15) is 6.29 Å². The molecule has 1 atom stereocenters. The van der Waals surface area contributed by atoms with Crippen molar-refractivity contribution in [1.82, 2.24) is 5.32 Å². The van der Waals surface area contributed by atoms with E-state index in [4.69, 9.17) is 0 Å². The number of aldehydes is 1. The Balaban J connectivity index is 2.63. The smallest absolute Gasteiger partial charge is 0.224 e. The average molecular weight is 227 g/mol. The maximum absolute atomic E-state index is 12.8. The quantitative estimate of drug-likeness (QED) is 0.786. The molecule has 3 nitrogen and oxygen atoms in total. The summed E-state index contributed by atoms with van der Waals surface area (Å²) in [7, 11) is 0. The number of carbonyl (C=O) groups is 2. The summed E-state index contributed by atoms with van der Waals surface area (Å²) < 4.78 is 25.4. The van der Waals surface area contributed by atoms with Gasteiger partial charge in [-0.1, -0.05) is 6.07 Å². The zero-order valence-electron chi connectivity index (χ0n) is 8.67. The molecule has 1 amide bonds. The summed E-state index contributed by atoms with van der Waals surface area (Å²) in [5, 5.41) is 2.39. The fourth-order valence-electron chi connectivity index (χ4n) is 1.17. The lowest BCUT2D eigenvalue weighted by Gasteiger charge is -2.07. The first kappa shape index (κ1) is 12.3. The summed E-state index contributed by atoms with van der Waals surface area (Å²) in [6, 6.07) is 2.66. The van der Waals surface area contributed by atoms with Gasteiger partial charge in [-0.2, -0.15) is 0 Å². The molecule has 0 aromatic heterocycles. The Morgan fingerprint density at radius 1 is 1.44 bits per heavy atom. The average Bonchev–Trinajstić information content (AvgIpc) is 2.23. The second kappa shape index (κ2) is 5.34. The van der Waals surface area contributed by atoms with Crippen molar-refractivity contribution in [3.63, 3.8) is 0 Å². The van der Waals surface area contributed by atoms with Crippen LogP contribution in [-0.2, 0) is 16.0 Å². The van der Waals surface area contributed by atoms with E-state index in [1.807, 2.05) is 0 Å². The molecule has 0 aliphatic carbocycles. The van der Waals surface area contributed by atoms with Crippen LogP contribution in [0.3, 0.4) is 0 Å². The molecule has 1 N–H and O–H groups in total. The van der Waals surface area contributed by atoms with Gasteiger partial charge in [0.05, 0.1) is 12.5 Å². The number of carbonyl (C=O) groups excluding carboxylic acids is 2. The van der Waals surface area contributed by atoms with E-state index in [-0.39, 0.29) is 6.42 Å². The topological polar surface area (TPSA) is 46.2 Å². The van der Waals surface area contributed by atoms with Gasteiger partial charge in [0.15, 0.2) is 11.6 Å². The molecule has 0 saturated heterocycles. The first-order valence-corrected chi connectivity index (χ1v) is 4.71. The Morgan fingerprint density at radius 2 is 2.12 bits per heavy atom. The van der Waals surface area contributed by atoms with Crippen molar-refractivity contribution >= 4 is 12.2 Å². The Morgan fingerprint density at radius 3 is 2.69 bits per heavy atom. The van der Waals surface area contributed by atoms with E-state index in [0.29, 0.717) is 11.8 Å². The lowest BCUT2D eigenvalue weighted by molar-refractivity contribution is -0.123. The normalized spacial score (nSPS) is 11.9. The Hall–Kier alpha value is -1.78. The third-order valence-electron chi connectivity index (χ3n) is 1.94. The Labute approximate surface area is 91.5 Å². The minimum Gasteiger partial charge on any atom is -0.347 e. The summed E-state index contributed by atoms with van der Waals surface area (Å²) in [4.78, 5) is 21.6. The fraction of sp³-hybridized carbons (Fsp3) is 0.273. The second-order valence-corrected chi connectivity index (χ2v) is 3.42. The maximum atomic E-state index is 12.8. The van der Waals surface area contributed by atoms with Gasteiger partial charge < -0.3 is 10.1 Å². The van der Waals surface area contributed by atoms with Crippen LogP contribution in [0.5, 0.6) is 0 Å². The van der Waals surface area contributed by atoms with E-state index in [0.717, 1.165) is 12.1 Å². The first-order chi connectivity index (χ1) is 7.52. The molecule has 0 radical (unpaired) electrons. The molecule has 16 heavy (non-hydrogen) atoms. The van der Waals surface area contributed by atoms with Crippen molar-refractivity contribution in [2.75, 3.05) is 0 Å². The van der Waals surface area contributed by atoms with Crippen LogP contribution in [0.2, 0.25) is 0 Å². The van der Waals surface area contributed by atoms with Crippen LogP contribution in [0.25, 0.3) is 0 Å². The third-order valence-corrected chi connectivity index (χ3v) is 1.94. The van der Waals surface area contributed by atoms with Gasteiger partial charge in [-0.3, -0.25) is 4.79 Å². The number of hydrogen-bond acceptors (Lipinski definition) is 2. The van der Waals surface area contributed by atoms with Gasteiger partial charge in [-0.05, 0) is 24.6 Å². The van der Waals surface area contributed by atoms with Gasteiger partial charge in [0.25, 0.3) is 0 Å². The molecule has 0 unspecified atom stereocenters. The number of hydrogen-bond donors (Lipinski definition) is 1. The molecule has 0 saturated carbocycles. The summed E-state index contributed by atoms with van der Waals surface area (Å²) in [5.74, 6) is -2.36. The zero-order valence-corrected chi connectivity index (χ0v) is 8.67. The third kappa shape index (κ3) is 3.42. The van der Waals surface area contributed by atoms with Crippen LogP contribution in [0.4, 0.5) is 8.78 Å². The van der Waals surface area contributed by atoms with E-state index >= 15 is 0 Å². The van der Waals surface area contributed by atoms with Crippen LogP contribution < -0.4 is 5.32 Å². The summed E-state index contributed by atoms with van der Waals surface area (Å²) >= 11 is 0. The first-order valence-electron chi connectivity index (χ1n) is 4.71. The SMILES string of the molecule is C[C@@H](C=O)NC(=O)Cc1ccc(F)c(F)c1. The lowest BCUT2D eigenvalue weighted by Crippen LogP contribution is -2.34. The van der Waals surface area contributed by atoms with Crippen LogP contribution in [-0.4, -0.2) is 18.2 Å². The van der Waals surface area contributed by atoms with E-state index < -0.39 is 23.6 Å². The Bertz CT molecular complexity index is 407. The predicted molar refractivity (Wildman–Crippen MR) is 53.7 cm³/mol. The molecule has 1 aromatic carbocycles. The van der Waals surface area contributed by atoms with Gasteiger partial charge in [-0.25, -0.2) is 8.78 Å². The lowest BCUT2D eigenvalue weighted by atomic mass is 10.1. The van der Waals surface area contributed by atoms with E-state index in [1.165, 1.54) is 13.0 Å². The molecule has 0 fully saturated rings.